The third-order valence-electron chi connectivity index (χ3n) is 6.57. The summed E-state index contributed by atoms with van der Waals surface area (Å²) < 4.78 is 0. The first-order chi connectivity index (χ1) is 15.3. The van der Waals surface area contributed by atoms with Crippen LogP contribution < -0.4 is 5.32 Å². The van der Waals surface area contributed by atoms with Crippen molar-refractivity contribution in [1.29, 1.82) is 0 Å². The van der Waals surface area contributed by atoms with Crippen LogP contribution in [0.15, 0.2) is 60.7 Å². The molecule has 1 amide bonds. The van der Waals surface area contributed by atoms with Crippen LogP contribution in [0.1, 0.15) is 41.6 Å². The van der Waals surface area contributed by atoms with Gasteiger partial charge in [-0.25, -0.2) is 4.98 Å². The molecule has 2 aliphatic heterocycles. The molecule has 160 valence electrons. The van der Waals surface area contributed by atoms with Crippen molar-refractivity contribution in [2.75, 3.05) is 31.5 Å². The van der Waals surface area contributed by atoms with E-state index in [0.29, 0.717) is 12.6 Å². The topological polar surface area (TPSA) is 48.5 Å². The summed E-state index contributed by atoms with van der Waals surface area (Å²) in [7, 11) is 0. The van der Waals surface area contributed by atoms with Gasteiger partial charge in [-0.1, -0.05) is 48.5 Å². The van der Waals surface area contributed by atoms with Gasteiger partial charge in [0.1, 0.15) is 5.82 Å². The minimum Gasteiger partial charge on any atom is -0.366 e. The number of fused-ring (bicyclic) bond motifs is 1. The quantitative estimate of drug-likeness (QED) is 0.643. The van der Waals surface area contributed by atoms with Crippen molar-refractivity contribution in [2.24, 2.45) is 0 Å². The third kappa shape index (κ3) is 4.42. The van der Waals surface area contributed by atoms with Gasteiger partial charge < -0.3 is 15.1 Å². The number of aromatic nitrogens is 1. The van der Waals surface area contributed by atoms with Gasteiger partial charge in [0.25, 0.3) is 5.91 Å². The van der Waals surface area contributed by atoms with Crippen molar-refractivity contribution in [3.63, 3.8) is 0 Å². The third-order valence-corrected chi connectivity index (χ3v) is 6.57. The highest BCUT2D eigenvalue weighted by Gasteiger charge is 2.32. The van der Waals surface area contributed by atoms with E-state index in [0.717, 1.165) is 48.2 Å². The zero-order valence-electron chi connectivity index (χ0n) is 18.0. The zero-order chi connectivity index (χ0) is 21.0. The number of hydrogen-bond donors (Lipinski definition) is 1. The van der Waals surface area contributed by atoms with E-state index in [1.807, 2.05) is 48.5 Å². The van der Waals surface area contributed by atoms with E-state index in [-0.39, 0.29) is 5.91 Å². The molecule has 2 aromatic carbocycles. The number of hydrogen-bond acceptors (Lipinski definition) is 4. The van der Waals surface area contributed by atoms with Crippen molar-refractivity contribution in [3.8, 4) is 0 Å². The average Bonchev–Trinajstić information content (AvgIpc) is 3.50. The lowest BCUT2D eigenvalue weighted by Crippen LogP contribution is -2.42. The van der Waals surface area contributed by atoms with Gasteiger partial charge in [0.05, 0.1) is 11.1 Å². The van der Waals surface area contributed by atoms with E-state index in [4.69, 9.17) is 4.98 Å². The molecule has 0 radical (unpaired) electrons. The van der Waals surface area contributed by atoms with Gasteiger partial charge in [-0.3, -0.25) is 4.79 Å². The number of likely N-dealkylation sites (tertiary alicyclic amines) is 2. The van der Waals surface area contributed by atoms with Crippen molar-refractivity contribution in [2.45, 2.75) is 38.3 Å². The van der Waals surface area contributed by atoms with Crippen molar-refractivity contribution in [3.05, 3.63) is 71.8 Å². The Bertz CT molecular complexity index is 1050. The molecule has 1 N–H and O–H groups in total. The molecule has 0 saturated carbocycles. The zero-order valence-corrected chi connectivity index (χ0v) is 18.0. The molecule has 5 nitrogen and oxygen atoms in total. The second kappa shape index (κ2) is 9.06. The number of rotatable bonds is 6. The van der Waals surface area contributed by atoms with Crippen molar-refractivity contribution < 1.29 is 4.79 Å². The second-order valence-electron chi connectivity index (χ2n) is 8.71. The first-order valence-corrected chi connectivity index (χ1v) is 11.5. The van der Waals surface area contributed by atoms with Crippen LogP contribution in [0.25, 0.3) is 10.9 Å². The fraction of sp³-hybridized carbons (Fsp3) is 0.385. The molecular formula is C26H30N4O. The molecule has 2 saturated heterocycles. The molecule has 5 rings (SSSR count). The number of para-hydroxylation sites is 1. The van der Waals surface area contributed by atoms with Crippen LogP contribution in [0.3, 0.4) is 0 Å². The highest BCUT2D eigenvalue weighted by atomic mass is 16.2. The van der Waals surface area contributed by atoms with Crippen LogP contribution >= 0.6 is 0 Å². The van der Waals surface area contributed by atoms with Crippen LogP contribution in [0, 0.1) is 0 Å². The Kier molecular flexibility index (Phi) is 5.85. The number of carbonyl (C=O) groups excluding carboxylic acids is 1. The molecule has 31 heavy (non-hydrogen) atoms. The highest BCUT2D eigenvalue weighted by molar-refractivity contribution is 6.07. The van der Waals surface area contributed by atoms with Crippen molar-refractivity contribution in [1.82, 2.24) is 14.8 Å². The molecule has 0 bridgehead atoms. The highest BCUT2D eigenvalue weighted by Crippen LogP contribution is 2.27. The number of carbonyl (C=O) groups is 1. The largest absolute Gasteiger partial charge is 0.366 e. The molecule has 1 atom stereocenters. The number of anilines is 1. The maximum atomic E-state index is 13.7. The number of benzene rings is 2. The number of pyridine rings is 1. The lowest BCUT2D eigenvalue weighted by atomic mass is 10.1. The van der Waals surface area contributed by atoms with E-state index < -0.39 is 0 Å². The maximum Gasteiger partial charge on any atom is 0.254 e. The number of amides is 1. The summed E-state index contributed by atoms with van der Waals surface area (Å²) in [5.74, 6) is 0.893. The Hall–Kier alpha value is -2.92. The van der Waals surface area contributed by atoms with Crippen LogP contribution in [0.5, 0.6) is 0 Å². The lowest BCUT2D eigenvalue weighted by molar-refractivity contribution is 0.0710. The van der Waals surface area contributed by atoms with Crippen LogP contribution in [-0.2, 0) is 6.54 Å². The predicted octanol–water partition coefficient (Wildman–Crippen LogP) is 4.55. The predicted molar refractivity (Wildman–Crippen MR) is 125 cm³/mol. The van der Waals surface area contributed by atoms with Gasteiger partial charge in [0.2, 0.25) is 0 Å². The fourth-order valence-electron chi connectivity index (χ4n) is 4.94. The van der Waals surface area contributed by atoms with Crippen molar-refractivity contribution >= 4 is 22.6 Å². The molecule has 5 heteroatoms. The SMILES string of the molecule is O=C(c1cc(NCc2ccccc2)nc2ccccc12)N1CCC[C@H]1CN1CCCC1. The first kappa shape index (κ1) is 20.0. The summed E-state index contributed by atoms with van der Waals surface area (Å²) in [6.07, 6.45) is 4.76. The summed E-state index contributed by atoms with van der Waals surface area (Å²) >= 11 is 0. The molecular weight excluding hydrogens is 384 g/mol. The minimum absolute atomic E-state index is 0.142. The summed E-state index contributed by atoms with van der Waals surface area (Å²) in [6.45, 7) is 4.88. The molecule has 2 fully saturated rings. The number of nitrogens with zero attached hydrogens (tertiary/aromatic N) is 3. The minimum atomic E-state index is 0.142. The Morgan fingerprint density at radius 1 is 0.968 bits per heavy atom. The summed E-state index contributed by atoms with van der Waals surface area (Å²) in [6, 6.07) is 20.5. The lowest BCUT2D eigenvalue weighted by Gasteiger charge is -2.29. The van der Waals surface area contributed by atoms with Crippen LogP contribution in [-0.4, -0.2) is 52.9 Å². The monoisotopic (exact) mass is 414 g/mol. The molecule has 2 aliphatic rings. The van der Waals surface area contributed by atoms with Gasteiger partial charge in [-0.05, 0) is 56.5 Å². The van der Waals surface area contributed by atoms with Gasteiger partial charge in [0.15, 0.2) is 0 Å². The summed E-state index contributed by atoms with van der Waals surface area (Å²) in [5, 5.41) is 4.35. The van der Waals surface area contributed by atoms with Crippen LogP contribution in [0.4, 0.5) is 5.82 Å². The molecule has 0 spiro atoms. The van der Waals surface area contributed by atoms with E-state index >= 15 is 0 Å². The Balaban J connectivity index is 1.41. The smallest absolute Gasteiger partial charge is 0.254 e. The molecule has 0 aliphatic carbocycles. The standard InChI is InChI=1S/C26H30N4O/c31-26(30-16-8-11-21(30)19-29-14-6-7-15-29)23-17-25(27-18-20-9-2-1-3-10-20)28-24-13-5-4-12-22(23)24/h1-5,9-10,12-13,17,21H,6-8,11,14-16,18-19H2,(H,27,28)/t21-/m0/s1. The Morgan fingerprint density at radius 3 is 2.58 bits per heavy atom. The first-order valence-electron chi connectivity index (χ1n) is 11.5. The molecule has 0 unspecified atom stereocenters. The normalized spacial score (nSPS) is 19.2. The molecule has 3 heterocycles. The van der Waals surface area contributed by atoms with Crippen LogP contribution in [0.2, 0.25) is 0 Å². The van der Waals surface area contributed by atoms with E-state index in [2.05, 4.69) is 27.2 Å². The van der Waals surface area contributed by atoms with E-state index in [9.17, 15) is 4.79 Å². The number of nitrogens with one attached hydrogen (secondary N) is 1. The Morgan fingerprint density at radius 2 is 1.74 bits per heavy atom. The van der Waals surface area contributed by atoms with Gasteiger partial charge in [-0.2, -0.15) is 0 Å². The van der Waals surface area contributed by atoms with Gasteiger partial charge in [-0.15, -0.1) is 0 Å². The van der Waals surface area contributed by atoms with E-state index in [1.54, 1.807) is 0 Å². The van der Waals surface area contributed by atoms with Gasteiger partial charge in [0, 0.05) is 31.1 Å². The second-order valence-corrected chi connectivity index (χ2v) is 8.71. The summed E-state index contributed by atoms with van der Waals surface area (Å²) in [5.41, 5.74) is 2.81. The van der Waals surface area contributed by atoms with Gasteiger partial charge >= 0.3 is 0 Å². The maximum absolute atomic E-state index is 13.7. The molecule has 1 aromatic heterocycles. The average molecular weight is 415 g/mol. The van der Waals surface area contributed by atoms with E-state index in [1.165, 1.54) is 31.5 Å². The molecule has 3 aromatic rings. The summed E-state index contributed by atoms with van der Waals surface area (Å²) in [4.78, 5) is 23.1. The fourth-order valence-corrected chi connectivity index (χ4v) is 4.94. The Labute approximate surface area is 184 Å².